The number of halogens is 2. The van der Waals surface area contributed by atoms with Crippen LogP contribution in [-0.2, 0) is 21.4 Å². The fourth-order valence-electron chi connectivity index (χ4n) is 4.28. The molecule has 1 fully saturated rings. The highest BCUT2D eigenvalue weighted by atomic mass is 32.2. The molecule has 1 saturated heterocycles. The molecule has 194 valence electrons. The van der Waals surface area contributed by atoms with E-state index in [0.29, 0.717) is 22.7 Å². The van der Waals surface area contributed by atoms with Crippen LogP contribution in [0, 0.1) is 17.6 Å². The Morgan fingerprint density at radius 2 is 1.95 bits per heavy atom. The van der Waals surface area contributed by atoms with Crippen LogP contribution in [0.4, 0.5) is 13.9 Å². The number of piperidine rings is 1. The van der Waals surface area contributed by atoms with E-state index in [1.165, 1.54) is 21.9 Å². The lowest BCUT2D eigenvalue weighted by molar-refractivity contribution is -0.123. The number of rotatable bonds is 7. The molecule has 0 N–H and O–H groups in total. The summed E-state index contributed by atoms with van der Waals surface area (Å²) in [6, 6.07) is 11.5. The molecule has 5 rings (SSSR count). The predicted molar refractivity (Wildman–Crippen MR) is 134 cm³/mol. The van der Waals surface area contributed by atoms with Gasteiger partial charge >= 0.3 is 0 Å². The third kappa shape index (κ3) is 5.09. The summed E-state index contributed by atoms with van der Waals surface area (Å²) in [6.45, 7) is 0.322. The van der Waals surface area contributed by atoms with E-state index in [2.05, 4.69) is 4.98 Å². The Bertz CT molecular complexity index is 1530. The topological polar surface area (TPSA) is 92.9 Å². The van der Waals surface area contributed by atoms with Crippen molar-refractivity contribution < 1.29 is 31.1 Å². The van der Waals surface area contributed by atoms with Crippen LogP contribution in [0.25, 0.3) is 10.2 Å². The number of ether oxygens (including phenoxy) is 1. The number of thiazole rings is 1. The van der Waals surface area contributed by atoms with Gasteiger partial charge in [-0.1, -0.05) is 11.3 Å². The van der Waals surface area contributed by atoms with Crippen molar-refractivity contribution in [3.8, 4) is 5.75 Å². The van der Waals surface area contributed by atoms with E-state index in [4.69, 9.17) is 9.15 Å². The van der Waals surface area contributed by atoms with Crippen LogP contribution in [0.2, 0.25) is 0 Å². The second-order valence-corrected chi connectivity index (χ2v) is 11.5. The van der Waals surface area contributed by atoms with E-state index in [-0.39, 0.29) is 43.3 Å². The van der Waals surface area contributed by atoms with Crippen LogP contribution in [0.3, 0.4) is 0 Å². The summed E-state index contributed by atoms with van der Waals surface area (Å²) in [4.78, 5) is 19.6. The van der Waals surface area contributed by atoms with Gasteiger partial charge in [-0.3, -0.25) is 9.69 Å². The zero-order chi connectivity index (χ0) is 26.2. The molecule has 0 unspecified atom stereocenters. The Morgan fingerprint density at radius 3 is 2.62 bits per heavy atom. The number of hydrogen-bond donors (Lipinski definition) is 0. The highest BCUT2D eigenvalue weighted by molar-refractivity contribution is 7.89. The average Bonchev–Trinajstić information content (AvgIpc) is 3.57. The van der Waals surface area contributed by atoms with Gasteiger partial charge in [-0.05, 0) is 61.4 Å². The first-order chi connectivity index (χ1) is 17.8. The first kappa shape index (κ1) is 25.3. The van der Waals surface area contributed by atoms with Crippen LogP contribution >= 0.6 is 11.3 Å². The van der Waals surface area contributed by atoms with E-state index in [9.17, 15) is 22.0 Å². The normalized spacial score (nSPS) is 15.2. The lowest BCUT2D eigenvalue weighted by Gasteiger charge is -2.32. The molecule has 0 spiro atoms. The first-order valence-electron chi connectivity index (χ1n) is 11.5. The number of fused-ring (bicyclic) bond motifs is 1. The van der Waals surface area contributed by atoms with Crippen LogP contribution in [0.5, 0.6) is 5.75 Å². The monoisotopic (exact) mass is 547 g/mol. The van der Waals surface area contributed by atoms with Crippen LogP contribution in [-0.4, -0.2) is 43.8 Å². The zero-order valence-corrected chi connectivity index (χ0v) is 21.4. The van der Waals surface area contributed by atoms with E-state index < -0.39 is 27.6 Å². The molecule has 0 aliphatic carbocycles. The van der Waals surface area contributed by atoms with Crippen molar-refractivity contribution in [2.45, 2.75) is 24.3 Å². The summed E-state index contributed by atoms with van der Waals surface area (Å²) >= 11 is 1.35. The highest BCUT2D eigenvalue weighted by Gasteiger charge is 2.35. The van der Waals surface area contributed by atoms with Crippen LogP contribution in [0.1, 0.15) is 18.6 Å². The van der Waals surface area contributed by atoms with Gasteiger partial charge in [0.2, 0.25) is 15.9 Å². The third-order valence-electron chi connectivity index (χ3n) is 6.31. The summed E-state index contributed by atoms with van der Waals surface area (Å²) in [5.74, 6) is -1.72. The smallest absolute Gasteiger partial charge is 0.243 e. The van der Waals surface area contributed by atoms with Crippen molar-refractivity contribution in [3.63, 3.8) is 0 Å². The number of sulfonamides is 1. The summed E-state index contributed by atoms with van der Waals surface area (Å²) in [7, 11) is -2.44. The van der Waals surface area contributed by atoms with E-state index >= 15 is 0 Å². The number of furan rings is 1. The molecule has 2 aromatic carbocycles. The standard InChI is InChI=1S/C25H23F2N3O5S2/c1-34-17-4-7-22-23(13-17)36-25(28-22)30(15-18-3-2-12-35-18)24(31)16-8-10-29(11-9-16)37(32,33)19-5-6-20(26)21(27)14-19/h2-7,12-14,16H,8-11,15H2,1H3. The molecule has 0 bridgehead atoms. The summed E-state index contributed by atoms with van der Waals surface area (Å²) in [5, 5.41) is 0.501. The SMILES string of the molecule is COc1ccc2nc(N(Cc3ccco3)C(=O)C3CCN(S(=O)(=O)c4ccc(F)c(F)c4)CC3)sc2c1. The number of carbonyl (C=O) groups excluding carboxylic acids is 1. The van der Waals surface area contributed by atoms with Crippen LogP contribution < -0.4 is 9.64 Å². The molecule has 8 nitrogen and oxygen atoms in total. The van der Waals surface area contributed by atoms with Gasteiger partial charge in [0.05, 0.1) is 35.0 Å². The maximum absolute atomic E-state index is 13.7. The Morgan fingerprint density at radius 1 is 1.16 bits per heavy atom. The summed E-state index contributed by atoms with van der Waals surface area (Å²) < 4.78 is 65.7. The third-order valence-corrected chi connectivity index (χ3v) is 9.24. The number of hydrogen-bond acceptors (Lipinski definition) is 7. The molecule has 1 aliphatic heterocycles. The zero-order valence-electron chi connectivity index (χ0n) is 19.8. The van der Waals surface area contributed by atoms with Crippen molar-refractivity contribution >= 4 is 42.6 Å². The van der Waals surface area contributed by atoms with Crippen molar-refractivity contribution in [1.29, 1.82) is 0 Å². The summed E-state index contributed by atoms with van der Waals surface area (Å²) in [5.41, 5.74) is 0.727. The number of nitrogens with zero attached hydrogens (tertiary/aromatic N) is 3. The number of carbonyl (C=O) groups is 1. The largest absolute Gasteiger partial charge is 0.497 e. The van der Waals surface area contributed by atoms with Gasteiger partial charge in [0, 0.05) is 19.0 Å². The van der Waals surface area contributed by atoms with Gasteiger partial charge in [-0.2, -0.15) is 4.31 Å². The minimum atomic E-state index is -4.02. The quantitative estimate of drug-likeness (QED) is 0.330. The van der Waals surface area contributed by atoms with Crippen molar-refractivity contribution in [2.24, 2.45) is 5.92 Å². The fraction of sp³-hybridized carbons (Fsp3) is 0.280. The van der Waals surface area contributed by atoms with Crippen molar-refractivity contribution in [1.82, 2.24) is 9.29 Å². The number of methoxy groups -OCH3 is 1. The Labute approximate surface area is 216 Å². The molecular formula is C25H23F2N3O5S2. The molecule has 37 heavy (non-hydrogen) atoms. The lowest BCUT2D eigenvalue weighted by Crippen LogP contribution is -2.44. The molecule has 0 saturated carbocycles. The summed E-state index contributed by atoms with van der Waals surface area (Å²) in [6.07, 6.45) is 2.08. The molecule has 0 atom stereocenters. The Hall–Kier alpha value is -3.35. The average molecular weight is 548 g/mol. The molecule has 1 amide bonds. The van der Waals surface area contributed by atoms with E-state index in [0.717, 1.165) is 22.3 Å². The maximum atomic E-state index is 13.7. The van der Waals surface area contributed by atoms with E-state index in [1.54, 1.807) is 30.2 Å². The second-order valence-electron chi connectivity index (χ2n) is 8.59. The predicted octanol–water partition coefficient (Wildman–Crippen LogP) is 4.81. The molecule has 1 aliphatic rings. The number of benzene rings is 2. The molecule has 2 aromatic heterocycles. The molecule has 12 heteroatoms. The molecule has 3 heterocycles. The first-order valence-corrected chi connectivity index (χ1v) is 13.8. The molecular weight excluding hydrogens is 524 g/mol. The van der Waals surface area contributed by atoms with Gasteiger partial charge in [0.1, 0.15) is 11.5 Å². The Balaban J connectivity index is 1.36. The highest BCUT2D eigenvalue weighted by Crippen LogP contribution is 2.34. The minimum absolute atomic E-state index is 0.0728. The van der Waals surface area contributed by atoms with Crippen molar-refractivity contribution in [3.05, 3.63) is 72.2 Å². The maximum Gasteiger partial charge on any atom is 0.243 e. The number of amides is 1. The molecule has 4 aromatic rings. The number of anilines is 1. The van der Waals surface area contributed by atoms with E-state index in [1.807, 2.05) is 12.1 Å². The lowest BCUT2D eigenvalue weighted by atomic mass is 9.96. The fourth-order valence-corrected chi connectivity index (χ4v) is 6.76. The van der Waals surface area contributed by atoms with Crippen molar-refractivity contribution in [2.75, 3.05) is 25.1 Å². The second kappa shape index (κ2) is 10.2. The molecule has 0 radical (unpaired) electrons. The van der Waals surface area contributed by atoms with Gasteiger partial charge in [-0.25, -0.2) is 22.2 Å². The number of aromatic nitrogens is 1. The van der Waals surface area contributed by atoms with Gasteiger partial charge in [0.25, 0.3) is 0 Å². The minimum Gasteiger partial charge on any atom is -0.497 e. The van der Waals surface area contributed by atoms with Gasteiger partial charge in [0.15, 0.2) is 16.8 Å². The Kier molecular flexibility index (Phi) is 6.97. The van der Waals surface area contributed by atoms with Crippen LogP contribution in [0.15, 0.2) is 64.1 Å². The van der Waals surface area contributed by atoms with Gasteiger partial charge < -0.3 is 9.15 Å². The van der Waals surface area contributed by atoms with Gasteiger partial charge in [-0.15, -0.1) is 0 Å².